The smallest absolute Gasteiger partial charge is 0.349 e. The first-order valence-corrected chi connectivity index (χ1v) is 17.7. The monoisotopic (exact) mass is 657 g/mol. The first-order chi connectivity index (χ1) is 22.0. The Morgan fingerprint density at radius 3 is 2.48 bits per heavy atom. The average Bonchev–Trinajstić information content (AvgIpc) is 3.54. The van der Waals surface area contributed by atoms with Gasteiger partial charge in [-0.05, 0) is 99.2 Å². The molecule has 6 nitrogen and oxygen atoms in total. The lowest BCUT2D eigenvalue weighted by atomic mass is 9.86. The lowest BCUT2D eigenvalue weighted by Crippen LogP contribution is -2.36. The number of sulfonamides is 1. The van der Waals surface area contributed by atoms with E-state index in [1.165, 1.54) is 43.7 Å². The number of fused-ring (bicyclic) bond motifs is 1. The van der Waals surface area contributed by atoms with Crippen LogP contribution >= 0.6 is 0 Å². The maximum Gasteiger partial charge on any atom is 0.416 e. The Hall–Kier alpha value is -3.21. The van der Waals surface area contributed by atoms with Crippen LogP contribution in [0.2, 0.25) is 0 Å². The topological polar surface area (TPSA) is 87.3 Å². The summed E-state index contributed by atoms with van der Waals surface area (Å²) in [6, 6.07) is 13.8. The summed E-state index contributed by atoms with van der Waals surface area (Å²) in [5, 5.41) is 6.71. The van der Waals surface area contributed by atoms with Crippen molar-refractivity contribution >= 4 is 15.9 Å². The van der Waals surface area contributed by atoms with Crippen molar-refractivity contribution in [2.75, 3.05) is 13.1 Å². The number of benzene rings is 2. The molecule has 250 valence electrons. The van der Waals surface area contributed by atoms with Crippen LogP contribution in [0.1, 0.15) is 92.6 Å². The summed E-state index contributed by atoms with van der Waals surface area (Å²) in [7, 11) is -4.43. The second-order valence-corrected chi connectivity index (χ2v) is 14.0. The van der Waals surface area contributed by atoms with Gasteiger partial charge in [-0.15, -0.1) is 0 Å². The van der Waals surface area contributed by atoms with Gasteiger partial charge in [0.2, 0.25) is 15.9 Å². The Morgan fingerprint density at radius 2 is 1.80 bits per heavy atom. The Balaban J connectivity index is 1.41. The lowest BCUT2D eigenvalue weighted by Gasteiger charge is -2.28. The number of alkyl halides is 3. The summed E-state index contributed by atoms with van der Waals surface area (Å²) in [6.07, 6.45) is 7.27. The quantitative estimate of drug-likeness (QED) is 0.137. The molecular weight excluding hydrogens is 611 g/mol. The molecule has 2 aliphatic rings. The molecule has 3 N–H and O–H groups in total. The summed E-state index contributed by atoms with van der Waals surface area (Å²) in [5.74, 6) is 0.474. The predicted molar refractivity (Wildman–Crippen MR) is 177 cm³/mol. The van der Waals surface area contributed by atoms with Gasteiger partial charge in [0.15, 0.2) is 0 Å². The molecule has 2 aromatic carbocycles. The SMILES string of the molecule is C=C/C(=C/C(=CC)S(=O)(=O)N[C@H](CC(=O)N[C@@H]1CCCc2cc(CCCNCC3CCCC3)ccc21)c1ccccc1)C(F)(F)F. The van der Waals surface area contributed by atoms with E-state index in [2.05, 4.69) is 40.1 Å². The Morgan fingerprint density at radius 1 is 1.07 bits per heavy atom. The van der Waals surface area contributed by atoms with E-state index < -0.39 is 32.7 Å². The minimum absolute atomic E-state index is 0.206. The van der Waals surface area contributed by atoms with Crippen molar-refractivity contribution in [3.63, 3.8) is 0 Å². The lowest BCUT2D eigenvalue weighted by molar-refractivity contribution is -0.122. The van der Waals surface area contributed by atoms with Crippen molar-refractivity contribution in [3.05, 3.63) is 106 Å². The van der Waals surface area contributed by atoms with Crippen LogP contribution in [0.4, 0.5) is 13.2 Å². The Kier molecular flexibility index (Phi) is 12.8. The molecule has 2 aliphatic carbocycles. The fraction of sp³-hybridized carbons (Fsp3) is 0.472. The normalized spacial score (nSPS) is 18.7. The van der Waals surface area contributed by atoms with E-state index >= 15 is 0 Å². The first-order valence-electron chi connectivity index (χ1n) is 16.3. The van der Waals surface area contributed by atoms with Gasteiger partial charge < -0.3 is 10.6 Å². The molecule has 1 saturated carbocycles. The van der Waals surface area contributed by atoms with Crippen LogP contribution in [0.15, 0.2) is 83.8 Å². The summed E-state index contributed by atoms with van der Waals surface area (Å²) in [6.45, 7) is 6.62. The largest absolute Gasteiger partial charge is 0.416 e. The molecule has 0 radical (unpaired) electrons. The van der Waals surface area contributed by atoms with Gasteiger partial charge >= 0.3 is 6.18 Å². The van der Waals surface area contributed by atoms with Gasteiger partial charge in [-0.2, -0.15) is 13.2 Å². The number of amides is 1. The van der Waals surface area contributed by atoms with Crippen molar-refractivity contribution in [2.24, 2.45) is 5.92 Å². The second kappa shape index (κ2) is 16.6. The van der Waals surface area contributed by atoms with Crippen LogP contribution in [0, 0.1) is 5.92 Å². The highest BCUT2D eigenvalue weighted by atomic mass is 32.2. The average molecular weight is 658 g/mol. The van der Waals surface area contributed by atoms with E-state index in [-0.39, 0.29) is 18.4 Å². The van der Waals surface area contributed by atoms with Crippen LogP contribution in [0.5, 0.6) is 0 Å². The molecule has 4 rings (SSSR count). The molecule has 0 aliphatic heterocycles. The number of allylic oxidation sites excluding steroid dienone is 4. The minimum atomic E-state index is -4.77. The standard InChI is InChI=1S/C36H46F3N3O3S/c1-3-30(36(37,38)39)23-31(4-2)46(44,45)42-34(28-15-6-5-7-16-28)24-35(43)41-33-18-10-17-29-22-26(19-20-32(29)33)14-11-21-40-25-27-12-8-9-13-27/h3-7,15-16,19-20,22-23,27,33-34,40,42H,1,8-14,17-18,21,24-25H2,2H3,(H,41,43)/b30-23-,31-4?/t33-,34-/m1/s1. The van der Waals surface area contributed by atoms with E-state index in [0.717, 1.165) is 62.8 Å². The summed E-state index contributed by atoms with van der Waals surface area (Å²) in [4.78, 5) is 12.8. The van der Waals surface area contributed by atoms with Gasteiger partial charge in [0, 0.05) is 6.42 Å². The Labute approximate surface area is 271 Å². The van der Waals surface area contributed by atoms with Gasteiger partial charge in [-0.1, -0.05) is 80.1 Å². The first kappa shape index (κ1) is 35.6. The zero-order valence-electron chi connectivity index (χ0n) is 26.5. The number of hydrogen-bond donors (Lipinski definition) is 3. The van der Waals surface area contributed by atoms with Crippen molar-refractivity contribution in [3.8, 4) is 0 Å². The van der Waals surface area contributed by atoms with Gasteiger partial charge in [0.25, 0.3) is 0 Å². The van der Waals surface area contributed by atoms with Gasteiger partial charge in [0.05, 0.1) is 22.6 Å². The summed E-state index contributed by atoms with van der Waals surface area (Å²) in [5.41, 5.74) is 2.92. The second-order valence-electron chi connectivity index (χ2n) is 12.3. The molecule has 0 saturated heterocycles. The number of nitrogens with one attached hydrogen (secondary N) is 3. The van der Waals surface area contributed by atoms with Crippen LogP contribution in [0.3, 0.4) is 0 Å². The van der Waals surface area contributed by atoms with E-state index in [4.69, 9.17) is 0 Å². The van der Waals surface area contributed by atoms with E-state index in [9.17, 15) is 26.4 Å². The highest BCUT2D eigenvalue weighted by Crippen LogP contribution is 2.32. The fourth-order valence-electron chi connectivity index (χ4n) is 6.44. The van der Waals surface area contributed by atoms with Gasteiger partial charge in [0.1, 0.15) is 0 Å². The highest BCUT2D eigenvalue weighted by molar-refractivity contribution is 7.93. The molecule has 0 aromatic heterocycles. The number of hydrogen-bond acceptors (Lipinski definition) is 4. The van der Waals surface area contributed by atoms with Crippen LogP contribution < -0.4 is 15.4 Å². The fourth-order valence-corrected chi connectivity index (χ4v) is 7.77. The molecule has 0 unspecified atom stereocenters. The van der Waals surface area contributed by atoms with Crippen LogP contribution in [-0.2, 0) is 27.7 Å². The van der Waals surface area contributed by atoms with Gasteiger partial charge in [-0.25, -0.2) is 13.1 Å². The van der Waals surface area contributed by atoms with E-state index in [1.807, 2.05) is 0 Å². The summed E-state index contributed by atoms with van der Waals surface area (Å²) < 4.78 is 69.1. The molecule has 2 atom stereocenters. The highest BCUT2D eigenvalue weighted by Gasteiger charge is 2.33. The third kappa shape index (κ3) is 10.1. The third-order valence-corrected chi connectivity index (χ3v) is 10.5. The van der Waals surface area contributed by atoms with Crippen LogP contribution in [-0.4, -0.2) is 33.6 Å². The molecular formula is C36H46F3N3O3S. The van der Waals surface area contributed by atoms with Crippen molar-refractivity contribution in [1.29, 1.82) is 0 Å². The van der Waals surface area contributed by atoms with E-state index in [0.29, 0.717) is 17.7 Å². The number of carbonyl (C=O) groups excluding carboxylic acids is 1. The molecule has 10 heteroatoms. The maximum absolute atomic E-state index is 13.4. The molecule has 0 heterocycles. The molecule has 1 fully saturated rings. The zero-order chi connectivity index (χ0) is 33.2. The van der Waals surface area contributed by atoms with Gasteiger partial charge in [-0.3, -0.25) is 4.79 Å². The minimum Gasteiger partial charge on any atom is -0.349 e. The number of aryl methyl sites for hydroxylation is 2. The molecule has 0 spiro atoms. The number of rotatable bonds is 15. The molecule has 46 heavy (non-hydrogen) atoms. The Bertz CT molecular complexity index is 1500. The maximum atomic E-state index is 13.4. The summed E-state index contributed by atoms with van der Waals surface area (Å²) >= 11 is 0. The van der Waals surface area contributed by atoms with Crippen molar-refractivity contribution in [2.45, 2.75) is 89.4 Å². The number of halogens is 3. The van der Waals surface area contributed by atoms with Crippen molar-refractivity contribution < 1.29 is 26.4 Å². The zero-order valence-corrected chi connectivity index (χ0v) is 27.4. The number of carbonyl (C=O) groups is 1. The molecule has 2 aromatic rings. The van der Waals surface area contributed by atoms with Crippen molar-refractivity contribution in [1.82, 2.24) is 15.4 Å². The predicted octanol–water partition coefficient (Wildman–Crippen LogP) is 7.52. The van der Waals surface area contributed by atoms with E-state index in [1.54, 1.807) is 30.3 Å². The van der Waals surface area contributed by atoms with Crippen LogP contribution in [0.25, 0.3) is 0 Å². The molecule has 1 amide bonds. The molecule has 0 bridgehead atoms. The third-order valence-electron chi connectivity index (χ3n) is 8.91.